The smallest absolute Gasteiger partial charge is 0.231 e. The van der Waals surface area contributed by atoms with Crippen molar-refractivity contribution in [2.45, 2.75) is 0 Å². The summed E-state index contributed by atoms with van der Waals surface area (Å²) in [6, 6.07) is 13.1. The second-order valence-corrected chi connectivity index (χ2v) is 6.38. The average Bonchev–Trinajstić information content (AvgIpc) is 3.09. The Balaban J connectivity index is 1.35. The summed E-state index contributed by atoms with van der Waals surface area (Å²) in [5.74, 6) is 1.79. The van der Waals surface area contributed by atoms with Crippen molar-refractivity contribution in [3.05, 3.63) is 42.5 Å². The van der Waals surface area contributed by atoms with E-state index in [2.05, 4.69) is 15.1 Å². The molecule has 0 saturated carbocycles. The maximum absolute atomic E-state index is 9.63. The van der Waals surface area contributed by atoms with Crippen LogP contribution in [0.2, 0.25) is 0 Å². The van der Waals surface area contributed by atoms with E-state index in [0.717, 1.165) is 49.1 Å². The fourth-order valence-corrected chi connectivity index (χ4v) is 3.33. The molecule has 7 heteroatoms. The van der Waals surface area contributed by atoms with Gasteiger partial charge in [0.2, 0.25) is 6.79 Å². The Morgan fingerprint density at radius 1 is 1.00 bits per heavy atom. The maximum Gasteiger partial charge on any atom is 0.231 e. The lowest BCUT2D eigenvalue weighted by Gasteiger charge is -2.37. The van der Waals surface area contributed by atoms with Crippen LogP contribution in [0.5, 0.6) is 17.2 Å². The number of hydrogen-bond acceptors (Lipinski definition) is 5. The highest BCUT2D eigenvalue weighted by atomic mass is 32.1. The van der Waals surface area contributed by atoms with Crippen LogP contribution in [0, 0.1) is 0 Å². The minimum Gasteiger partial charge on any atom is -0.508 e. The lowest BCUT2D eigenvalue weighted by Crippen LogP contribution is -2.50. The van der Waals surface area contributed by atoms with Crippen molar-refractivity contribution in [2.24, 2.45) is 0 Å². The summed E-state index contributed by atoms with van der Waals surface area (Å²) in [6.45, 7) is 3.62. The van der Waals surface area contributed by atoms with E-state index in [1.807, 2.05) is 30.3 Å². The SMILES string of the molecule is Oc1cccc(N2CCN(C(=S)Nc3ccc4c(c3)OCO4)CC2)c1. The summed E-state index contributed by atoms with van der Waals surface area (Å²) >= 11 is 5.54. The van der Waals surface area contributed by atoms with Gasteiger partial charge in [-0.1, -0.05) is 6.07 Å². The van der Waals surface area contributed by atoms with E-state index >= 15 is 0 Å². The van der Waals surface area contributed by atoms with Crippen LogP contribution < -0.4 is 19.7 Å². The zero-order valence-corrected chi connectivity index (χ0v) is 14.5. The van der Waals surface area contributed by atoms with Gasteiger partial charge in [0.15, 0.2) is 16.6 Å². The third-order valence-corrected chi connectivity index (χ3v) is 4.75. The van der Waals surface area contributed by atoms with E-state index < -0.39 is 0 Å². The first-order valence-corrected chi connectivity index (χ1v) is 8.59. The van der Waals surface area contributed by atoms with Crippen LogP contribution in [0.4, 0.5) is 11.4 Å². The Labute approximate surface area is 151 Å². The second kappa shape index (κ2) is 6.68. The molecule has 25 heavy (non-hydrogen) atoms. The van der Waals surface area contributed by atoms with Crippen LogP contribution in [-0.4, -0.2) is 48.1 Å². The lowest BCUT2D eigenvalue weighted by molar-refractivity contribution is 0.174. The fraction of sp³-hybridized carbons (Fsp3) is 0.278. The largest absolute Gasteiger partial charge is 0.508 e. The molecule has 0 aliphatic carbocycles. The molecule has 2 aromatic carbocycles. The monoisotopic (exact) mass is 357 g/mol. The van der Waals surface area contributed by atoms with Crippen molar-refractivity contribution in [3.63, 3.8) is 0 Å². The number of anilines is 2. The van der Waals surface area contributed by atoms with Gasteiger partial charge in [-0.25, -0.2) is 0 Å². The summed E-state index contributed by atoms with van der Waals surface area (Å²) < 4.78 is 10.7. The standard InChI is InChI=1S/C18H19N3O3S/c22-15-3-1-2-14(11-15)20-6-8-21(9-7-20)18(25)19-13-4-5-16-17(10-13)24-12-23-16/h1-5,10-11,22H,6-9,12H2,(H,19,25). The molecule has 2 N–H and O–H groups in total. The molecule has 130 valence electrons. The van der Waals surface area contributed by atoms with Crippen molar-refractivity contribution in [1.82, 2.24) is 4.90 Å². The molecule has 4 rings (SSSR count). The molecular weight excluding hydrogens is 338 g/mol. The summed E-state index contributed by atoms with van der Waals surface area (Å²) in [5.41, 5.74) is 1.93. The van der Waals surface area contributed by atoms with Crippen LogP contribution in [0.25, 0.3) is 0 Å². The number of fused-ring (bicyclic) bond motifs is 1. The molecule has 1 fully saturated rings. The molecule has 0 spiro atoms. The van der Waals surface area contributed by atoms with Gasteiger partial charge < -0.3 is 29.7 Å². The maximum atomic E-state index is 9.63. The molecule has 0 unspecified atom stereocenters. The number of piperazine rings is 1. The normalized spacial score (nSPS) is 16.0. The van der Waals surface area contributed by atoms with Gasteiger partial charge in [-0.15, -0.1) is 0 Å². The van der Waals surface area contributed by atoms with Crippen molar-refractivity contribution < 1.29 is 14.6 Å². The predicted molar refractivity (Wildman–Crippen MR) is 101 cm³/mol. The number of phenolic OH excluding ortho intramolecular Hbond substituents is 1. The molecule has 0 amide bonds. The molecule has 1 saturated heterocycles. The number of thiocarbonyl (C=S) groups is 1. The number of nitrogens with zero attached hydrogens (tertiary/aromatic N) is 2. The highest BCUT2D eigenvalue weighted by Gasteiger charge is 2.20. The Hall–Kier alpha value is -2.67. The predicted octanol–water partition coefficient (Wildman–Crippen LogP) is 2.64. The molecule has 6 nitrogen and oxygen atoms in total. The van der Waals surface area contributed by atoms with Gasteiger partial charge in [-0.3, -0.25) is 0 Å². The van der Waals surface area contributed by atoms with Crippen molar-refractivity contribution in [3.8, 4) is 17.2 Å². The third kappa shape index (κ3) is 3.41. The van der Waals surface area contributed by atoms with Crippen molar-refractivity contribution in [1.29, 1.82) is 0 Å². The topological polar surface area (TPSA) is 57.2 Å². The average molecular weight is 357 g/mol. The van der Waals surface area contributed by atoms with Crippen LogP contribution in [0.3, 0.4) is 0 Å². The first-order chi connectivity index (χ1) is 12.2. The number of nitrogens with one attached hydrogen (secondary N) is 1. The lowest BCUT2D eigenvalue weighted by atomic mass is 10.2. The van der Waals surface area contributed by atoms with Crippen molar-refractivity contribution >= 4 is 28.7 Å². The van der Waals surface area contributed by atoms with Gasteiger partial charge in [-0.05, 0) is 36.5 Å². The van der Waals surface area contributed by atoms with E-state index in [1.165, 1.54) is 0 Å². The van der Waals surface area contributed by atoms with Gasteiger partial charge >= 0.3 is 0 Å². The quantitative estimate of drug-likeness (QED) is 0.802. The third-order valence-electron chi connectivity index (χ3n) is 4.39. The van der Waals surface area contributed by atoms with Gasteiger partial charge in [0, 0.05) is 49.7 Å². The highest BCUT2D eigenvalue weighted by Crippen LogP contribution is 2.34. The first-order valence-electron chi connectivity index (χ1n) is 8.18. The zero-order valence-electron chi connectivity index (χ0n) is 13.6. The van der Waals surface area contributed by atoms with Gasteiger partial charge in [0.25, 0.3) is 0 Å². The molecular formula is C18H19N3O3S. The number of benzene rings is 2. The first kappa shape index (κ1) is 15.8. The Kier molecular flexibility index (Phi) is 4.23. The molecule has 0 atom stereocenters. The Morgan fingerprint density at radius 2 is 1.80 bits per heavy atom. The van der Waals surface area contributed by atoms with E-state index in [-0.39, 0.29) is 6.79 Å². The van der Waals surface area contributed by atoms with Crippen LogP contribution in [0.1, 0.15) is 0 Å². The summed E-state index contributed by atoms with van der Waals surface area (Å²) in [7, 11) is 0. The summed E-state index contributed by atoms with van der Waals surface area (Å²) in [4.78, 5) is 4.40. The van der Waals surface area contributed by atoms with Gasteiger partial charge in [-0.2, -0.15) is 0 Å². The number of ether oxygens (including phenoxy) is 2. The zero-order chi connectivity index (χ0) is 17.2. The van der Waals surface area contributed by atoms with Crippen molar-refractivity contribution in [2.75, 3.05) is 43.2 Å². The Morgan fingerprint density at radius 3 is 2.60 bits per heavy atom. The van der Waals surface area contributed by atoms with Crippen LogP contribution in [0.15, 0.2) is 42.5 Å². The van der Waals surface area contributed by atoms with Gasteiger partial charge in [0.1, 0.15) is 5.75 Å². The van der Waals surface area contributed by atoms with Gasteiger partial charge in [0.05, 0.1) is 0 Å². The number of aromatic hydroxyl groups is 1. The van der Waals surface area contributed by atoms with E-state index in [1.54, 1.807) is 12.1 Å². The molecule has 2 heterocycles. The summed E-state index contributed by atoms with van der Waals surface area (Å²) in [6.07, 6.45) is 0. The molecule has 2 aromatic rings. The fourth-order valence-electron chi connectivity index (χ4n) is 3.03. The second-order valence-electron chi connectivity index (χ2n) is 5.99. The van der Waals surface area contributed by atoms with E-state index in [9.17, 15) is 5.11 Å². The number of hydrogen-bond donors (Lipinski definition) is 2. The van der Waals surface area contributed by atoms with Crippen LogP contribution >= 0.6 is 12.2 Å². The molecule has 0 aromatic heterocycles. The number of rotatable bonds is 2. The molecule has 2 aliphatic heterocycles. The highest BCUT2D eigenvalue weighted by molar-refractivity contribution is 7.80. The molecule has 0 bridgehead atoms. The minimum atomic E-state index is 0.264. The molecule has 0 radical (unpaired) electrons. The number of phenols is 1. The Bertz CT molecular complexity index is 791. The van der Waals surface area contributed by atoms with Crippen LogP contribution in [-0.2, 0) is 0 Å². The minimum absolute atomic E-state index is 0.264. The van der Waals surface area contributed by atoms with E-state index in [4.69, 9.17) is 21.7 Å². The molecule has 2 aliphatic rings. The van der Waals surface area contributed by atoms with E-state index in [0.29, 0.717) is 10.9 Å². The summed E-state index contributed by atoms with van der Waals surface area (Å²) in [5, 5.41) is 13.6.